The normalized spacial score (nSPS) is 10.8. The number of nitrogens with two attached hydrogens (primary N) is 1. The van der Waals surface area contributed by atoms with Crippen molar-refractivity contribution in [2.45, 2.75) is 13.3 Å². The van der Waals surface area contributed by atoms with Gasteiger partial charge in [0.1, 0.15) is 0 Å². The number of hydrogen-bond acceptors (Lipinski definition) is 5. The third-order valence-electron chi connectivity index (χ3n) is 2.44. The maximum atomic E-state index is 5.26. The molecule has 2 rings (SSSR count). The summed E-state index contributed by atoms with van der Waals surface area (Å²) in [6, 6.07) is 7.97. The van der Waals surface area contributed by atoms with Crippen molar-refractivity contribution in [1.29, 1.82) is 0 Å². The van der Waals surface area contributed by atoms with Gasteiger partial charge in [-0.15, -0.1) is 5.10 Å². The van der Waals surface area contributed by atoms with Crippen LogP contribution in [0.2, 0.25) is 0 Å². The second kappa shape index (κ2) is 6.01. The van der Waals surface area contributed by atoms with Crippen LogP contribution in [-0.2, 0) is 6.42 Å². The highest BCUT2D eigenvalue weighted by molar-refractivity contribution is 7.80. The zero-order chi connectivity index (χ0) is 13.7. The van der Waals surface area contributed by atoms with Crippen LogP contribution in [-0.4, -0.2) is 31.5 Å². The molecule has 0 amide bonds. The van der Waals surface area contributed by atoms with Gasteiger partial charge >= 0.3 is 0 Å². The average Bonchev–Trinajstić information content (AvgIpc) is 2.87. The van der Waals surface area contributed by atoms with Gasteiger partial charge in [0.15, 0.2) is 10.9 Å². The van der Waals surface area contributed by atoms with Gasteiger partial charge in [0, 0.05) is 0 Å². The molecule has 0 bridgehead atoms. The van der Waals surface area contributed by atoms with Gasteiger partial charge in [-0.1, -0.05) is 19.1 Å². The maximum Gasteiger partial charge on any atom is 0.199 e. The van der Waals surface area contributed by atoms with Crippen LogP contribution in [0.4, 0.5) is 0 Å². The minimum atomic E-state index is 0.0857. The van der Waals surface area contributed by atoms with E-state index >= 15 is 0 Å². The predicted molar refractivity (Wildman–Crippen MR) is 76.0 cm³/mol. The molecule has 0 fully saturated rings. The number of hydrogen-bond donors (Lipinski definition) is 2. The van der Waals surface area contributed by atoms with E-state index in [9.17, 15) is 0 Å². The van der Waals surface area contributed by atoms with Crippen LogP contribution in [0.1, 0.15) is 18.3 Å². The molecule has 1 aromatic carbocycles. The van der Waals surface area contributed by atoms with Crippen LogP contribution >= 0.6 is 12.2 Å². The van der Waals surface area contributed by atoms with Gasteiger partial charge in [-0.2, -0.15) is 9.78 Å². The molecule has 3 N–H and O–H groups in total. The summed E-state index contributed by atoms with van der Waals surface area (Å²) in [7, 11) is 0. The molecule has 8 heteroatoms. The lowest BCUT2D eigenvalue weighted by Crippen LogP contribution is -2.24. The van der Waals surface area contributed by atoms with Crippen molar-refractivity contribution in [3.05, 3.63) is 35.7 Å². The van der Waals surface area contributed by atoms with Crippen molar-refractivity contribution >= 4 is 23.5 Å². The fourth-order valence-electron chi connectivity index (χ4n) is 1.48. The number of aromatic nitrogens is 4. The quantitative estimate of drug-likeness (QED) is 0.476. The Kier molecular flexibility index (Phi) is 4.14. The Balaban J connectivity index is 2.22. The number of rotatable bonds is 4. The summed E-state index contributed by atoms with van der Waals surface area (Å²) in [5, 5.41) is 15.3. The molecular formula is C11H13N7S. The van der Waals surface area contributed by atoms with Gasteiger partial charge in [-0.3, -0.25) is 5.43 Å². The average molecular weight is 275 g/mol. The monoisotopic (exact) mass is 275 g/mol. The molecule has 1 aromatic heterocycles. The second-order valence-corrected chi connectivity index (χ2v) is 4.14. The Morgan fingerprint density at radius 3 is 2.84 bits per heavy atom. The molecule has 1 heterocycles. The molecule has 0 atom stereocenters. The highest BCUT2D eigenvalue weighted by Crippen LogP contribution is 2.09. The Bertz CT molecular complexity index is 587. The molecule has 0 saturated carbocycles. The van der Waals surface area contributed by atoms with Crippen LogP contribution in [0.5, 0.6) is 0 Å². The van der Waals surface area contributed by atoms with E-state index in [0.717, 1.165) is 12.1 Å². The van der Waals surface area contributed by atoms with E-state index in [1.807, 2.05) is 24.3 Å². The zero-order valence-electron chi connectivity index (χ0n) is 10.3. The van der Waals surface area contributed by atoms with Crippen molar-refractivity contribution in [1.82, 2.24) is 25.6 Å². The van der Waals surface area contributed by atoms with E-state index in [2.05, 4.69) is 45.2 Å². The number of tetrazole rings is 1. The fraction of sp³-hybridized carbons (Fsp3) is 0.182. The molecule has 0 unspecified atom stereocenters. The fourth-order valence-corrected chi connectivity index (χ4v) is 1.54. The first kappa shape index (κ1) is 13.1. The molecule has 7 nitrogen and oxygen atoms in total. The first-order chi connectivity index (χ1) is 9.20. The van der Waals surface area contributed by atoms with Crippen molar-refractivity contribution in [3.63, 3.8) is 0 Å². The predicted octanol–water partition coefficient (Wildman–Crippen LogP) is 0.392. The Hall–Kier alpha value is -2.35. The molecule has 19 heavy (non-hydrogen) atoms. The van der Waals surface area contributed by atoms with E-state index in [1.165, 1.54) is 11.8 Å². The number of thiocarbonyl (C=S) groups is 1. The van der Waals surface area contributed by atoms with E-state index in [-0.39, 0.29) is 5.11 Å². The lowest BCUT2D eigenvalue weighted by Gasteiger charge is -2.02. The topological polar surface area (TPSA) is 94.0 Å². The molecule has 0 spiro atoms. The summed E-state index contributed by atoms with van der Waals surface area (Å²) in [6.07, 6.45) is 2.44. The van der Waals surface area contributed by atoms with Gasteiger partial charge in [0.05, 0.1) is 11.9 Å². The lowest BCUT2D eigenvalue weighted by molar-refractivity contribution is 0.786. The van der Waals surface area contributed by atoms with Crippen LogP contribution in [0.15, 0.2) is 29.4 Å². The molecule has 0 saturated heterocycles. The summed E-state index contributed by atoms with van der Waals surface area (Å²) in [6.45, 7) is 2.10. The van der Waals surface area contributed by atoms with Gasteiger partial charge < -0.3 is 5.73 Å². The second-order valence-electron chi connectivity index (χ2n) is 3.70. The van der Waals surface area contributed by atoms with Gasteiger partial charge in [-0.25, -0.2) is 0 Å². The minimum absolute atomic E-state index is 0.0857. The number of aryl methyl sites for hydroxylation is 1. The molecule has 0 radical (unpaired) electrons. The summed E-state index contributed by atoms with van der Waals surface area (Å²) in [5.41, 5.74) is 9.82. The van der Waals surface area contributed by atoms with Crippen molar-refractivity contribution < 1.29 is 0 Å². The maximum absolute atomic E-state index is 5.26. The molecule has 0 aliphatic heterocycles. The molecule has 0 aliphatic carbocycles. The SMILES string of the molecule is CCc1ccc(-n2nnnc2/C=N/NC(N)=S)cc1. The van der Waals surface area contributed by atoms with Crippen LogP contribution in [0.25, 0.3) is 5.69 Å². The van der Waals surface area contributed by atoms with Gasteiger partial charge in [0.2, 0.25) is 0 Å². The number of benzene rings is 1. The van der Waals surface area contributed by atoms with Crippen molar-refractivity contribution in [3.8, 4) is 5.69 Å². The smallest absolute Gasteiger partial charge is 0.199 e. The lowest BCUT2D eigenvalue weighted by atomic mass is 10.1. The molecular weight excluding hydrogens is 262 g/mol. The van der Waals surface area contributed by atoms with E-state index in [1.54, 1.807) is 4.68 Å². The first-order valence-corrected chi connectivity index (χ1v) is 6.07. The molecule has 0 aliphatic rings. The Morgan fingerprint density at radius 2 is 2.21 bits per heavy atom. The Labute approximate surface area is 115 Å². The van der Waals surface area contributed by atoms with Crippen LogP contribution in [0, 0.1) is 0 Å². The standard InChI is InChI=1S/C11H13N7S/c1-2-8-3-5-9(6-4-8)18-10(14-16-17-18)7-13-15-11(12)19/h3-7H,2H2,1H3,(H3,12,15,19)/b13-7+. The summed E-state index contributed by atoms with van der Waals surface area (Å²) in [5.74, 6) is 0.480. The summed E-state index contributed by atoms with van der Waals surface area (Å²) < 4.78 is 1.57. The van der Waals surface area contributed by atoms with Crippen LogP contribution < -0.4 is 11.2 Å². The van der Waals surface area contributed by atoms with Crippen LogP contribution in [0.3, 0.4) is 0 Å². The van der Waals surface area contributed by atoms with E-state index < -0.39 is 0 Å². The summed E-state index contributed by atoms with van der Waals surface area (Å²) >= 11 is 4.64. The molecule has 98 valence electrons. The molecule has 2 aromatic rings. The highest BCUT2D eigenvalue weighted by Gasteiger charge is 2.05. The third-order valence-corrected chi connectivity index (χ3v) is 2.53. The van der Waals surface area contributed by atoms with E-state index in [0.29, 0.717) is 5.82 Å². The number of nitrogens with one attached hydrogen (secondary N) is 1. The van der Waals surface area contributed by atoms with Gasteiger partial charge in [-0.05, 0) is 46.8 Å². The first-order valence-electron chi connectivity index (χ1n) is 5.67. The van der Waals surface area contributed by atoms with E-state index in [4.69, 9.17) is 5.73 Å². The zero-order valence-corrected chi connectivity index (χ0v) is 11.1. The Morgan fingerprint density at radius 1 is 1.47 bits per heavy atom. The largest absolute Gasteiger partial charge is 0.375 e. The summed E-state index contributed by atoms with van der Waals surface area (Å²) in [4.78, 5) is 0. The number of hydrazone groups is 1. The van der Waals surface area contributed by atoms with Crippen molar-refractivity contribution in [2.75, 3.05) is 0 Å². The number of nitrogens with zero attached hydrogens (tertiary/aromatic N) is 5. The van der Waals surface area contributed by atoms with Gasteiger partial charge in [0.25, 0.3) is 0 Å². The third kappa shape index (κ3) is 3.32. The minimum Gasteiger partial charge on any atom is -0.375 e. The highest BCUT2D eigenvalue weighted by atomic mass is 32.1. The van der Waals surface area contributed by atoms with Crippen molar-refractivity contribution in [2.24, 2.45) is 10.8 Å².